The molecule has 1 aliphatic carbocycles. The molecule has 2 fully saturated rings. The minimum Gasteiger partial charge on any atom is -0.480 e. The zero-order chi connectivity index (χ0) is 20.1. The Bertz CT molecular complexity index is 718. The highest BCUT2D eigenvalue weighted by Gasteiger charge is 2.46. The molecule has 1 unspecified atom stereocenters. The third kappa shape index (κ3) is 4.69. The Labute approximate surface area is 171 Å². The van der Waals surface area contributed by atoms with E-state index >= 15 is 0 Å². The Hall–Kier alpha value is -2.02. The predicted octanol–water partition coefficient (Wildman–Crippen LogP) is 2.42. The first-order valence-corrected chi connectivity index (χ1v) is 10.5. The van der Waals surface area contributed by atoms with Gasteiger partial charge in [-0.1, -0.05) is 43.2 Å². The summed E-state index contributed by atoms with van der Waals surface area (Å²) in [5.74, 6) is -1.57. The van der Waals surface area contributed by atoms with Gasteiger partial charge in [-0.05, 0) is 44.1 Å². The molecule has 6 nitrogen and oxygen atoms in total. The first-order chi connectivity index (χ1) is 13.4. The van der Waals surface area contributed by atoms with Crippen LogP contribution >= 0.6 is 12.6 Å². The van der Waals surface area contributed by atoms with Crippen LogP contribution in [-0.2, 0) is 20.8 Å². The molecule has 1 saturated carbocycles. The molecular weight excluding hydrogens is 376 g/mol. The number of hydrogen-bond acceptors (Lipinski definition) is 4. The second-order valence-corrected chi connectivity index (χ2v) is 8.53. The van der Waals surface area contributed by atoms with Gasteiger partial charge in [0.2, 0.25) is 11.8 Å². The smallest absolute Gasteiger partial charge is 0.323 e. The van der Waals surface area contributed by atoms with Gasteiger partial charge in [0.1, 0.15) is 12.6 Å². The van der Waals surface area contributed by atoms with Crippen molar-refractivity contribution < 1.29 is 19.5 Å². The molecular formula is C21H28N2O4S. The molecule has 0 radical (unpaired) electrons. The fourth-order valence-electron chi connectivity index (χ4n) is 4.58. The molecule has 2 atom stereocenters. The van der Waals surface area contributed by atoms with Crippen molar-refractivity contribution >= 4 is 30.4 Å². The summed E-state index contributed by atoms with van der Waals surface area (Å²) in [4.78, 5) is 38.8. The molecule has 1 aliphatic heterocycles. The summed E-state index contributed by atoms with van der Waals surface area (Å²) >= 11 is 4.42. The van der Waals surface area contributed by atoms with E-state index in [0.29, 0.717) is 12.8 Å². The zero-order valence-corrected chi connectivity index (χ0v) is 16.9. The average Bonchev–Trinajstić information content (AvgIpc) is 3.10. The van der Waals surface area contributed by atoms with Crippen LogP contribution in [0.25, 0.3) is 0 Å². The normalized spacial score (nSPS) is 22.7. The maximum Gasteiger partial charge on any atom is 0.323 e. The lowest BCUT2D eigenvalue weighted by molar-refractivity contribution is -0.150. The fourth-order valence-corrected chi connectivity index (χ4v) is 4.87. The Morgan fingerprint density at radius 1 is 1.18 bits per heavy atom. The van der Waals surface area contributed by atoms with E-state index in [2.05, 4.69) is 17.9 Å². The van der Waals surface area contributed by atoms with Crippen LogP contribution in [0.5, 0.6) is 0 Å². The lowest BCUT2D eigenvalue weighted by Gasteiger charge is -2.40. The molecule has 1 aromatic carbocycles. The number of rotatable bonds is 6. The largest absolute Gasteiger partial charge is 0.480 e. The van der Waals surface area contributed by atoms with Crippen molar-refractivity contribution in [1.29, 1.82) is 0 Å². The van der Waals surface area contributed by atoms with Crippen LogP contribution < -0.4 is 5.32 Å². The number of aliphatic carboxylic acids is 1. The van der Waals surface area contributed by atoms with Gasteiger partial charge in [-0.25, -0.2) is 0 Å². The monoisotopic (exact) mass is 404 g/mol. The molecule has 1 spiro atoms. The summed E-state index contributed by atoms with van der Waals surface area (Å²) in [7, 11) is 0. The number of carboxylic acid groups (broad SMARTS) is 1. The number of carbonyl (C=O) groups is 3. The number of amides is 2. The Balaban J connectivity index is 1.69. The van der Waals surface area contributed by atoms with E-state index in [-0.39, 0.29) is 23.9 Å². The Morgan fingerprint density at radius 2 is 1.82 bits per heavy atom. The van der Waals surface area contributed by atoms with E-state index in [1.807, 2.05) is 30.3 Å². The number of carbonyl (C=O) groups excluding carboxylic acids is 2. The van der Waals surface area contributed by atoms with Crippen molar-refractivity contribution in [3.8, 4) is 0 Å². The van der Waals surface area contributed by atoms with Crippen molar-refractivity contribution in [2.24, 2.45) is 0 Å². The lowest BCUT2D eigenvalue weighted by Crippen LogP contribution is -2.57. The number of nitrogens with zero attached hydrogens (tertiary/aromatic N) is 1. The van der Waals surface area contributed by atoms with Gasteiger partial charge in [-0.15, -0.1) is 0 Å². The molecule has 152 valence electrons. The van der Waals surface area contributed by atoms with Crippen LogP contribution in [0.4, 0.5) is 0 Å². The minimum absolute atomic E-state index is 0.268. The van der Waals surface area contributed by atoms with E-state index in [9.17, 15) is 19.5 Å². The second kappa shape index (κ2) is 8.99. The van der Waals surface area contributed by atoms with Crippen molar-refractivity contribution in [2.45, 2.75) is 68.2 Å². The second-order valence-electron chi connectivity index (χ2n) is 7.91. The molecule has 7 heteroatoms. The standard InChI is InChI=1S/C21H28N2O4S/c24-18(25)14-23-20(27)16(9-6-12-21(23)10-4-5-11-21)22-19(26)17(28)13-15-7-2-1-3-8-15/h1-3,7-8,16-17,28H,4-6,9-14H2,(H,22,26)(H,24,25)/t16?,17-/m0/s1. The molecule has 3 rings (SSSR count). The molecule has 1 heterocycles. The van der Waals surface area contributed by atoms with E-state index in [4.69, 9.17) is 0 Å². The number of hydrogen-bond donors (Lipinski definition) is 3. The van der Waals surface area contributed by atoms with Gasteiger partial charge < -0.3 is 15.3 Å². The average molecular weight is 405 g/mol. The van der Waals surface area contributed by atoms with Crippen molar-refractivity contribution in [1.82, 2.24) is 10.2 Å². The van der Waals surface area contributed by atoms with Gasteiger partial charge in [-0.2, -0.15) is 12.6 Å². The van der Waals surface area contributed by atoms with Crippen LogP contribution in [0.3, 0.4) is 0 Å². The quantitative estimate of drug-likeness (QED) is 0.636. The zero-order valence-electron chi connectivity index (χ0n) is 16.0. The van der Waals surface area contributed by atoms with Crippen molar-refractivity contribution in [3.63, 3.8) is 0 Å². The summed E-state index contributed by atoms with van der Waals surface area (Å²) in [6.45, 7) is -0.306. The van der Waals surface area contributed by atoms with Crippen LogP contribution in [0.1, 0.15) is 50.5 Å². The van der Waals surface area contributed by atoms with Gasteiger partial charge in [0.25, 0.3) is 0 Å². The number of carboxylic acids is 1. The van der Waals surface area contributed by atoms with Gasteiger partial charge in [0.15, 0.2) is 0 Å². The van der Waals surface area contributed by atoms with E-state index in [0.717, 1.165) is 44.1 Å². The first-order valence-electron chi connectivity index (χ1n) is 9.97. The van der Waals surface area contributed by atoms with E-state index in [1.54, 1.807) is 0 Å². The summed E-state index contributed by atoms with van der Waals surface area (Å²) < 4.78 is 0. The molecule has 0 aromatic heterocycles. The highest BCUT2D eigenvalue weighted by atomic mass is 32.1. The van der Waals surface area contributed by atoms with Gasteiger partial charge in [0.05, 0.1) is 5.25 Å². The summed E-state index contributed by atoms with van der Waals surface area (Å²) in [5, 5.41) is 11.6. The minimum atomic E-state index is -1.01. The van der Waals surface area contributed by atoms with Gasteiger partial charge in [-0.3, -0.25) is 14.4 Å². The number of nitrogens with one attached hydrogen (secondary N) is 1. The highest BCUT2D eigenvalue weighted by molar-refractivity contribution is 7.81. The van der Waals surface area contributed by atoms with Crippen LogP contribution in [0, 0.1) is 0 Å². The molecule has 2 N–H and O–H groups in total. The SMILES string of the molecule is O=C(O)CN1C(=O)C(NC(=O)[C@@H](S)Cc2ccccc2)CCCC12CCCC2. The third-order valence-corrected chi connectivity index (χ3v) is 6.41. The number of thiol groups is 1. The van der Waals surface area contributed by atoms with Crippen LogP contribution in [-0.4, -0.2) is 51.2 Å². The van der Waals surface area contributed by atoms with E-state index < -0.39 is 17.3 Å². The predicted molar refractivity (Wildman–Crippen MR) is 109 cm³/mol. The first kappa shape index (κ1) is 20.7. The molecule has 2 amide bonds. The Morgan fingerprint density at radius 3 is 2.46 bits per heavy atom. The van der Waals surface area contributed by atoms with Gasteiger partial charge in [0, 0.05) is 5.54 Å². The molecule has 1 aromatic rings. The molecule has 1 saturated heterocycles. The Kier molecular flexibility index (Phi) is 6.65. The summed E-state index contributed by atoms with van der Waals surface area (Å²) in [6, 6.07) is 8.92. The van der Waals surface area contributed by atoms with E-state index in [1.165, 1.54) is 4.90 Å². The maximum absolute atomic E-state index is 13.2. The third-order valence-electron chi connectivity index (χ3n) is 5.99. The van der Waals surface area contributed by atoms with Gasteiger partial charge >= 0.3 is 5.97 Å². The topological polar surface area (TPSA) is 86.7 Å². The summed E-state index contributed by atoms with van der Waals surface area (Å²) in [5.41, 5.74) is 0.640. The van der Waals surface area contributed by atoms with Crippen molar-refractivity contribution in [2.75, 3.05) is 6.54 Å². The maximum atomic E-state index is 13.2. The summed E-state index contributed by atoms with van der Waals surface area (Å²) in [6.07, 6.45) is 6.31. The highest BCUT2D eigenvalue weighted by Crippen LogP contribution is 2.41. The number of benzene rings is 1. The molecule has 2 aliphatic rings. The molecule has 28 heavy (non-hydrogen) atoms. The van der Waals surface area contributed by atoms with Crippen LogP contribution in [0.2, 0.25) is 0 Å². The molecule has 0 bridgehead atoms. The number of likely N-dealkylation sites (tertiary alicyclic amines) is 1. The van der Waals surface area contributed by atoms with Crippen LogP contribution in [0.15, 0.2) is 30.3 Å². The fraction of sp³-hybridized carbons (Fsp3) is 0.571. The lowest BCUT2D eigenvalue weighted by atomic mass is 9.90. The van der Waals surface area contributed by atoms with Crippen molar-refractivity contribution in [3.05, 3.63) is 35.9 Å².